The fraction of sp³-hybridized carbons (Fsp3) is 0.227. The topological polar surface area (TPSA) is 78.3 Å². The van der Waals surface area contributed by atoms with Gasteiger partial charge in [-0.15, -0.1) is 0 Å². The molecule has 7 nitrogen and oxygen atoms in total. The lowest BCUT2D eigenvalue weighted by Crippen LogP contribution is -2.25. The van der Waals surface area contributed by atoms with Crippen LogP contribution in [0.3, 0.4) is 0 Å². The number of hydrogen-bond donors (Lipinski definition) is 1. The lowest BCUT2D eigenvalue weighted by molar-refractivity contribution is -0.116. The maximum absolute atomic E-state index is 12.6. The number of thiazole rings is 1. The highest BCUT2D eigenvalue weighted by molar-refractivity contribution is 7.20. The molecule has 0 saturated heterocycles. The first-order chi connectivity index (χ1) is 14.7. The molecule has 0 unspecified atom stereocenters. The SMILES string of the molecule is CCOc1c(OC)cccc1[C@@H]1CC(=O)Nc2c1cnn2-c1nc2ccccc2s1. The maximum atomic E-state index is 12.6. The molecule has 30 heavy (non-hydrogen) atoms. The van der Waals surface area contributed by atoms with Gasteiger partial charge in [-0.1, -0.05) is 35.6 Å². The zero-order valence-corrected chi connectivity index (χ0v) is 17.4. The number of aromatic nitrogens is 3. The van der Waals surface area contributed by atoms with Crippen LogP contribution in [-0.2, 0) is 4.79 Å². The Labute approximate surface area is 177 Å². The average molecular weight is 420 g/mol. The largest absolute Gasteiger partial charge is 0.493 e. The number of fused-ring (bicyclic) bond motifs is 2. The molecule has 0 radical (unpaired) electrons. The van der Waals surface area contributed by atoms with Gasteiger partial charge in [-0.3, -0.25) is 4.79 Å². The molecule has 1 atom stereocenters. The fourth-order valence-corrected chi connectivity index (χ4v) is 4.79. The highest BCUT2D eigenvalue weighted by atomic mass is 32.1. The normalized spacial score (nSPS) is 15.7. The summed E-state index contributed by atoms with van der Waals surface area (Å²) in [5.74, 6) is 1.72. The number of nitrogens with zero attached hydrogens (tertiary/aromatic N) is 3. The number of hydrogen-bond acceptors (Lipinski definition) is 6. The summed E-state index contributed by atoms with van der Waals surface area (Å²) in [6.07, 6.45) is 2.12. The quantitative estimate of drug-likeness (QED) is 0.519. The molecule has 8 heteroatoms. The number of anilines is 1. The molecular weight excluding hydrogens is 400 g/mol. The maximum Gasteiger partial charge on any atom is 0.226 e. The van der Waals surface area contributed by atoms with Crippen LogP contribution >= 0.6 is 11.3 Å². The number of nitrogens with one attached hydrogen (secondary N) is 1. The molecule has 1 amide bonds. The lowest BCUT2D eigenvalue weighted by atomic mass is 9.86. The zero-order chi connectivity index (χ0) is 20.7. The van der Waals surface area contributed by atoms with Crippen molar-refractivity contribution in [1.29, 1.82) is 0 Å². The number of amides is 1. The van der Waals surface area contributed by atoms with E-state index >= 15 is 0 Å². The Morgan fingerprint density at radius 3 is 2.87 bits per heavy atom. The van der Waals surface area contributed by atoms with Crippen molar-refractivity contribution < 1.29 is 14.3 Å². The van der Waals surface area contributed by atoms with Crippen molar-refractivity contribution in [2.75, 3.05) is 19.0 Å². The smallest absolute Gasteiger partial charge is 0.226 e. The van der Waals surface area contributed by atoms with E-state index in [0.717, 1.165) is 21.3 Å². The molecule has 3 heterocycles. The average Bonchev–Trinajstić information content (AvgIpc) is 3.37. The molecular formula is C22H20N4O3S. The molecule has 1 N–H and O–H groups in total. The minimum atomic E-state index is -0.187. The number of carbonyl (C=O) groups excluding carboxylic acids is 1. The summed E-state index contributed by atoms with van der Waals surface area (Å²) in [6, 6.07) is 13.7. The van der Waals surface area contributed by atoms with Gasteiger partial charge >= 0.3 is 0 Å². The fourth-order valence-electron chi connectivity index (χ4n) is 3.86. The van der Waals surface area contributed by atoms with Crippen LogP contribution < -0.4 is 14.8 Å². The Balaban J connectivity index is 1.63. The molecule has 2 aromatic carbocycles. The molecule has 0 spiro atoms. The first-order valence-corrected chi connectivity index (χ1v) is 10.5. The van der Waals surface area contributed by atoms with E-state index in [4.69, 9.17) is 9.47 Å². The minimum Gasteiger partial charge on any atom is -0.493 e. The van der Waals surface area contributed by atoms with Crippen LogP contribution in [0.2, 0.25) is 0 Å². The highest BCUT2D eigenvalue weighted by Gasteiger charge is 2.33. The molecule has 2 aromatic heterocycles. The molecule has 4 aromatic rings. The van der Waals surface area contributed by atoms with Crippen molar-refractivity contribution in [3.8, 4) is 16.6 Å². The summed E-state index contributed by atoms with van der Waals surface area (Å²) in [6.45, 7) is 2.44. The second-order valence-corrected chi connectivity index (χ2v) is 7.95. The minimum absolute atomic E-state index is 0.0689. The molecule has 0 fully saturated rings. The van der Waals surface area contributed by atoms with E-state index in [9.17, 15) is 4.79 Å². The Morgan fingerprint density at radius 2 is 2.07 bits per heavy atom. The first kappa shape index (κ1) is 18.6. The van der Waals surface area contributed by atoms with E-state index in [1.165, 1.54) is 11.3 Å². The van der Waals surface area contributed by atoms with E-state index in [2.05, 4.69) is 15.4 Å². The van der Waals surface area contributed by atoms with Gasteiger partial charge in [0.05, 0.1) is 30.1 Å². The van der Waals surface area contributed by atoms with Crippen molar-refractivity contribution in [2.45, 2.75) is 19.3 Å². The second-order valence-electron chi connectivity index (χ2n) is 6.94. The van der Waals surface area contributed by atoms with E-state index in [1.54, 1.807) is 18.0 Å². The molecule has 1 aliphatic heterocycles. The van der Waals surface area contributed by atoms with Crippen LogP contribution in [0.25, 0.3) is 15.3 Å². The van der Waals surface area contributed by atoms with Crippen molar-refractivity contribution in [1.82, 2.24) is 14.8 Å². The Bertz CT molecular complexity index is 1210. The lowest BCUT2D eigenvalue weighted by Gasteiger charge is -2.25. The Hall–Kier alpha value is -3.39. The number of para-hydroxylation sites is 2. The van der Waals surface area contributed by atoms with E-state index in [-0.39, 0.29) is 11.8 Å². The van der Waals surface area contributed by atoms with Crippen LogP contribution in [0, 0.1) is 0 Å². The van der Waals surface area contributed by atoms with Gasteiger partial charge in [-0.2, -0.15) is 9.78 Å². The number of carbonyl (C=O) groups is 1. The number of rotatable bonds is 5. The summed E-state index contributed by atoms with van der Waals surface area (Å²) in [7, 11) is 1.62. The van der Waals surface area contributed by atoms with Gasteiger partial charge in [0.1, 0.15) is 5.82 Å². The van der Waals surface area contributed by atoms with Gasteiger partial charge in [0.2, 0.25) is 11.0 Å². The van der Waals surface area contributed by atoms with Gasteiger partial charge in [0, 0.05) is 23.5 Å². The third kappa shape index (κ3) is 3.00. The molecule has 152 valence electrons. The summed E-state index contributed by atoms with van der Waals surface area (Å²) in [4.78, 5) is 17.3. The Kier molecular flexibility index (Phi) is 4.63. The van der Waals surface area contributed by atoms with Gasteiger partial charge in [-0.05, 0) is 25.1 Å². The summed E-state index contributed by atoms with van der Waals surface area (Å²) in [5, 5.41) is 8.27. The van der Waals surface area contributed by atoms with E-state index < -0.39 is 0 Å². The van der Waals surface area contributed by atoms with Crippen LogP contribution in [0.5, 0.6) is 11.5 Å². The summed E-state index contributed by atoms with van der Waals surface area (Å²) < 4.78 is 14.2. The molecule has 0 bridgehead atoms. The second kappa shape index (κ2) is 7.46. The van der Waals surface area contributed by atoms with E-state index in [0.29, 0.717) is 35.5 Å². The standard InChI is InChI=1S/C22H20N4O3S/c1-3-29-20-13(7-6-9-17(20)28-2)14-11-19(27)25-21-15(14)12-23-26(21)22-24-16-8-4-5-10-18(16)30-22/h4-10,12,14H,3,11H2,1-2H3,(H,25,27)/t14-/m0/s1. The number of ether oxygens (including phenoxy) is 2. The number of methoxy groups -OCH3 is 1. The third-order valence-corrected chi connectivity index (χ3v) is 6.19. The molecule has 1 aliphatic rings. The summed E-state index contributed by atoms with van der Waals surface area (Å²) >= 11 is 1.54. The van der Waals surface area contributed by atoms with Crippen molar-refractivity contribution >= 4 is 33.3 Å². The third-order valence-electron chi connectivity index (χ3n) is 5.18. The number of benzene rings is 2. The van der Waals surface area contributed by atoms with Crippen molar-refractivity contribution in [3.05, 3.63) is 59.8 Å². The summed E-state index contributed by atoms with van der Waals surface area (Å²) in [5.41, 5.74) is 2.76. The van der Waals surface area contributed by atoms with Crippen LogP contribution in [-0.4, -0.2) is 34.4 Å². The monoisotopic (exact) mass is 420 g/mol. The highest BCUT2D eigenvalue weighted by Crippen LogP contribution is 2.44. The van der Waals surface area contributed by atoms with Crippen molar-refractivity contribution in [3.63, 3.8) is 0 Å². The molecule has 5 rings (SSSR count). The zero-order valence-electron chi connectivity index (χ0n) is 16.6. The molecule has 0 saturated carbocycles. The molecule has 0 aliphatic carbocycles. The van der Waals surface area contributed by atoms with Gasteiger partial charge in [-0.25, -0.2) is 4.98 Å². The van der Waals surface area contributed by atoms with Crippen molar-refractivity contribution in [2.24, 2.45) is 0 Å². The van der Waals surface area contributed by atoms with Gasteiger partial charge in [0.15, 0.2) is 11.5 Å². The first-order valence-electron chi connectivity index (χ1n) is 9.73. The predicted octanol–water partition coefficient (Wildman–Crippen LogP) is 4.36. The van der Waals surface area contributed by atoms with Crippen LogP contribution in [0.15, 0.2) is 48.7 Å². The van der Waals surface area contributed by atoms with Gasteiger partial charge in [0.25, 0.3) is 0 Å². The van der Waals surface area contributed by atoms with Crippen LogP contribution in [0.1, 0.15) is 30.4 Å². The predicted molar refractivity (Wildman–Crippen MR) is 116 cm³/mol. The Morgan fingerprint density at radius 1 is 1.20 bits per heavy atom. The van der Waals surface area contributed by atoms with Gasteiger partial charge < -0.3 is 14.8 Å². The van der Waals surface area contributed by atoms with E-state index in [1.807, 2.05) is 49.4 Å². The van der Waals surface area contributed by atoms with Crippen LogP contribution in [0.4, 0.5) is 5.82 Å².